The van der Waals surface area contributed by atoms with Gasteiger partial charge in [0.1, 0.15) is 17.4 Å². The third-order valence-electron chi connectivity index (χ3n) is 3.91. The van der Waals surface area contributed by atoms with Gasteiger partial charge in [-0.2, -0.15) is 0 Å². The number of carbonyl (C=O) groups excluding carboxylic acids is 2. The molecule has 2 amide bonds. The van der Waals surface area contributed by atoms with Crippen molar-refractivity contribution in [3.8, 4) is 5.75 Å². The van der Waals surface area contributed by atoms with E-state index < -0.39 is 5.91 Å². The first-order chi connectivity index (χ1) is 11.9. The second-order valence-corrected chi connectivity index (χ2v) is 6.75. The highest BCUT2D eigenvalue weighted by molar-refractivity contribution is 7.14. The van der Waals surface area contributed by atoms with Gasteiger partial charge in [0, 0.05) is 6.54 Å². The number of primary amides is 1. The van der Waals surface area contributed by atoms with Crippen molar-refractivity contribution in [3.05, 3.63) is 46.8 Å². The van der Waals surface area contributed by atoms with Crippen molar-refractivity contribution < 1.29 is 14.3 Å². The molecule has 1 heterocycles. The van der Waals surface area contributed by atoms with E-state index in [1.165, 1.54) is 11.3 Å². The molecule has 0 aliphatic heterocycles. The number of hydrogen-bond acceptors (Lipinski definition) is 5. The number of nitrogens with one attached hydrogen (secondary N) is 1. The van der Waals surface area contributed by atoms with Crippen molar-refractivity contribution in [1.82, 2.24) is 4.90 Å². The van der Waals surface area contributed by atoms with Crippen LogP contribution in [0.3, 0.4) is 0 Å². The van der Waals surface area contributed by atoms with Crippen molar-refractivity contribution in [2.24, 2.45) is 5.73 Å². The lowest BCUT2D eigenvalue weighted by Crippen LogP contribution is -2.41. The Hall–Kier alpha value is -2.38. The summed E-state index contributed by atoms with van der Waals surface area (Å²) in [6, 6.07) is 9.07. The van der Waals surface area contributed by atoms with E-state index in [1.54, 1.807) is 18.4 Å². The molecule has 0 spiro atoms. The summed E-state index contributed by atoms with van der Waals surface area (Å²) in [4.78, 5) is 25.6. The first kappa shape index (κ1) is 19.0. The average Bonchev–Trinajstić information content (AvgIpc) is 3.02. The summed E-state index contributed by atoms with van der Waals surface area (Å²) in [5.74, 6) is 0.0716. The monoisotopic (exact) mass is 361 g/mol. The predicted molar refractivity (Wildman–Crippen MR) is 100 cm³/mol. The first-order valence-electron chi connectivity index (χ1n) is 7.96. The zero-order valence-electron chi connectivity index (χ0n) is 14.6. The van der Waals surface area contributed by atoms with Crippen LogP contribution >= 0.6 is 11.3 Å². The standard InChI is InChI=1S/C18H23N3O3S/c1-12-5-4-6-14(11-12)24-9-8-21(3)13(2)17(23)20-18-15(16(19)22)7-10-25-18/h4-7,10-11,13H,8-9H2,1-3H3,(H2,19,22)(H,20,23). The number of amides is 2. The van der Waals surface area contributed by atoms with Gasteiger partial charge in [-0.25, -0.2) is 0 Å². The highest BCUT2D eigenvalue weighted by Gasteiger charge is 2.20. The molecular formula is C18H23N3O3S. The minimum atomic E-state index is -0.552. The van der Waals surface area contributed by atoms with Crippen molar-refractivity contribution in [1.29, 1.82) is 0 Å². The molecule has 1 aromatic heterocycles. The van der Waals surface area contributed by atoms with Gasteiger partial charge in [-0.05, 0) is 50.0 Å². The number of ether oxygens (including phenoxy) is 1. The van der Waals surface area contributed by atoms with Crippen molar-refractivity contribution in [2.45, 2.75) is 19.9 Å². The summed E-state index contributed by atoms with van der Waals surface area (Å²) in [6.07, 6.45) is 0. The van der Waals surface area contributed by atoms with Gasteiger partial charge in [-0.15, -0.1) is 11.3 Å². The lowest BCUT2D eigenvalue weighted by Gasteiger charge is -2.23. The number of nitrogens with two attached hydrogens (primary N) is 1. The fourth-order valence-corrected chi connectivity index (χ4v) is 3.02. The molecule has 2 aromatic rings. The zero-order chi connectivity index (χ0) is 18.4. The Morgan fingerprint density at radius 3 is 2.80 bits per heavy atom. The summed E-state index contributed by atoms with van der Waals surface area (Å²) < 4.78 is 5.71. The largest absolute Gasteiger partial charge is 0.492 e. The minimum Gasteiger partial charge on any atom is -0.492 e. The number of aryl methyl sites for hydroxylation is 1. The molecule has 134 valence electrons. The lowest BCUT2D eigenvalue weighted by molar-refractivity contribution is -0.120. The van der Waals surface area contributed by atoms with E-state index in [2.05, 4.69) is 5.32 Å². The highest BCUT2D eigenvalue weighted by Crippen LogP contribution is 2.23. The van der Waals surface area contributed by atoms with Crippen molar-refractivity contribution in [2.75, 3.05) is 25.5 Å². The van der Waals surface area contributed by atoms with Crippen LogP contribution in [-0.2, 0) is 4.79 Å². The second-order valence-electron chi connectivity index (χ2n) is 5.84. The highest BCUT2D eigenvalue weighted by atomic mass is 32.1. The Morgan fingerprint density at radius 2 is 2.12 bits per heavy atom. The van der Waals surface area contributed by atoms with Gasteiger partial charge < -0.3 is 15.8 Å². The third-order valence-corrected chi connectivity index (χ3v) is 4.74. The second kappa shape index (κ2) is 8.64. The first-order valence-corrected chi connectivity index (χ1v) is 8.84. The topological polar surface area (TPSA) is 84.7 Å². The number of benzene rings is 1. The molecule has 7 heteroatoms. The maximum atomic E-state index is 12.4. The minimum absolute atomic E-state index is 0.192. The van der Waals surface area contributed by atoms with Crippen LogP contribution in [-0.4, -0.2) is 43.0 Å². The van der Waals surface area contributed by atoms with E-state index in [1.807, 2.05) is 43.1 Å². The van der Waals surface area contributed by atoms with E-state index in [-0.39, 0.29) is 11.9 Å². The zero-order valence-corrected chi connectivity index (χ0v) is 15.4. The molecular weight excluding hydrogens is 338 g/mol. The molecule has 0 radical (unpaired) electrons. The predicted octanol–water partition coefficient (Wildman–Crippen LogP) is 2.49. The van der Waals surface area contributed by atoms with Crippen LogP contribution in [0.2, 0.25) is 0 Å². The molecule has 0 saturated heterocycles. The van der Waals surface area contributed by atoms with Gasteiger partial charge in [-0.1, -0.05) is 12.1 Å². The maximum absolute atomic E-state index is 12.4. The quantitative estimate of drug-likeness (QED) is 0.756. The van der Waals surface area contributed by atoms with Gasteiger partial charge in [0.15, 0.2) is 0 Å². The summed E-state index contributed by atoms with van der Waals surface area (Å²) >= 11 is 1.28. The number of thiophene rings is 1. The van der Waals surface area contributed by atoms with Crippen LogP contribution in [0.15, 0.2) is 35.7 Å². The normalized spacial score (nSPS) is 12.0. The summed E-state index contributed by atoms with van der Waals surface area (Å²) in [6.45, 7) is 4.88. The summed E-state index contributed by atoms with van der Waals surface area (Å²) in [5.41, 5.74) is 6.76. The van der Waals surface area contributed by atoms with E-state index in [0.717, 1.165) is 11.3 Å². The van der Waals surface area contributed by atoms with Crippen LogP contribution in [0.25, 0.3) is 0 Å². The van der Waals surface area contributed by atoms with Gasteiger partial charge >= 0.3 is 0 Å². The fraction of sp³-hybridized carbons (Fsp3) is 0.333. The van der Waals surface area contributed by atoms with Crippen molar-refractivity contribution >= 4 is 28.2 Å². The molecule has 0 bridgehead atoms. The van der Waals surface area contributed by atoms with E-state index in [4.69, 9.17) is 10.5 Å². The van der Waals surface area contributed by atoms with Crippen LogP contribution in [0, 0.1) is 6.92 Å². The lowest BCUT2D eigenvalue weighted by atomic mass is 10.2. The molecule has 2 rings (SSSR count). The number of nitrogens with zero attached hydrogens (tertiary/aromatic N) is 1. The van der Waals surface area contributed by atoms with Crippen molar-refractivity contribution in [3.63, 3.8) is 0 Å². The van der Waals surface area contributed by atoms with Gasteiger partial charge in [0.25, 0.3) is 5.91 Å². The molecule has 1 unspecified atom stereocenters. The molecule has 0 aliphatic rings. The number of carbonyl (C=O) groups is 2. The number of hydrogen-bond donors (Lipinski definition) is 2. The maximum Gasteiger partial charge on any atom is 0.251 e. The van der Waals surface area contributed by atoms with E-state index in [9.17, 15) is 9.59 Å². The Labute approximate surface area is 151 Å². The Morgan fingerprint density at radius 1 is 1.36 bits per heavy atom. The molecule has 25 heavy (non-hydrogen) atoms. The van der Waals surface area contributed by atoms with Crippen LogP contribution in [0.4, 0.5) is 5.00 Å². The molecule has 0 aliphatic carbocycles. The fourth-order valence-electron chi connectivity index (χ4n) is 2.22. The van der Waals surface area contributed by atoms with Gasteiger partial charge in [0.2, 0.25) is 5.91 Å². The Bertz CT molecular complexity index is 745. The molecule has 6 nitrogen and oxygen atoms in total. The molecule has 0 fully saturated rings. The summed E-state index contributed by atoms with van der Waals surface area (Å²) in [5, 5.41) is 4.97. The molecule has 0 saturated carbocycles. The van der Waals surface area contributed by atoms with Crippen LogP contribution < -0.4 is 15.8 Å². The smallest absolute Gasteiger partial charge is 0.251 e. The molecule has 1 atom stereocenters. The SMILES string of the molecule is Cc1cccc(OCCN(C)C(C)C(=O)Nc2sccc2C(N)=O)c1. The number of anilines is 1. The Kier molecular flexibility index (Phi) is 6.55. The Balaban J connectivity index is 1.84. The van der Waals surface area contributed by atoms with Gasteiger partial charge in [-0.3, -0.25) is 14.5 Å². The van der Waals surface area contributed by atoms with E-state index in [0.29, 0.717) is 23.7 Å². The van der Waals surface area contributed by atoms with Crippen LogP contribution in [0.5, 0.6) is 5.75 Å². The van der Waals surface area contributed by atoms with E-state index >= 15 is 0 Å². The average molecular weight is 361 g/mol. The third kappa shape index (κ3) is 5.30. The molecule has 3 N–H and O–H groups in total. The van der Waals surface area contributed by atoms with Crippen LogP contribution in [0.1, 0.15) is 22.8 Å². The molecule has 1 aromatic carbocycles. The number of likely N-dealkylation sites (N-methyl/N-ethyl adjacent to an activating group) is 1. The van der Waals surface area contributed by atoms with Gasteiger partial charge in [0.05, 0.1) is 11.6 Å². The summed E-state index contributed by atoms with van der Waals surface area (Å²) in [7, 11) is 1.85. The number of rotatable bonds is 8.